The first-order valence-electron chi connectivity index (χ1n) is 19.2. The minimum absolute atomic E-state index is 0.662. The van der Waals surface area contributed by atoms with E-state index in [-0.39, 0.29) is 0 Å². The molecule has 12 aromatic rings. The maximum Gasteiger partial charge on any atom is 0.235 e. The molecular weight excluding hydrogens is 713 g/mol. The first kappa shape index (κ1) is 32.0. The first-order valence-corrected chi connectivity index (χ1v) is 20.1. The van der Waals surface area contributed by atoms with Crippen molar-refractivity contribution in [3.8, 4) is 45.1 Å². The van der Waals surface area contributed by atoms with Gasteiger partial charge >= 0.3 is 0 Å². The van der Waals surface area contributed by atoms with E-state index in [2.05, 4.69) is 203 Å². The summed E-state index contributed by atoms with van der Waals surface area (Å²) in [7, 11) is 0. The topological polar surface area (TPSA) is 35.6 Å². The number of fused-ring (bicyclic) bond motifs is 9. The second-order valence-corrected chi connectivity index (χ2v) is 15.4. The molecule has 4 nitrogen and oxygen atoms in total. The minimum atomic E-state index is 0.662. The predicted octanol–water partition coefficient (Wildman–Crippen LogP) is 14.0. The van der Waals surface area contributed by atoms with Crippen LogP contribution in [0.3, 0.4) is 0 Å². The lowest BCUT2D eigenvalue weighted by Gasteiger charge is -2.11. The van der Waals surface area contributed by atoms with Crippen molar-refractivity contribution >= 4 is 75.9 Å². The third-order valence-electron chi connectivity index (χ3n) is 11.4. The third kappa shape index (κ3) is 4.86. The lowest BCUT2D eigenvalue weighted by atomic mass is 9.96. The molecule has 4 aromatic heterocycles. The highest BCUT2D eigenvalue weighted by atomic mass is 32.1. The van der Waals surface area contributed by atoms with Crippen molar-refractivity contribution in [3.05, 3.63) is 193 Å². The van der Waals surface area contributed by atoms with Gasteiger partial charge in [-0.15, -0.1) is 11.3 Å². The van der Waals surface area contributed by atoms with Crippen molar-refractivity contribution in [1.82, 2.24) is 19.1 Å². The van der Waals surface area contributed by atoms with Crippen molar-refractivity contribution in [3.63, 3.8) is 0 Å². The summed E-state index contributed by atoms with van der Waals surface area (Å²) < 4.78 is 5.75. The van der Waals surface area contributed by atoms with Crippen molar-refractivity contribution in [2.45, 2.75) is 0 Å². The van der Waals surface area contributed by atoms with E-state index >= 15 is 0 Å². The summed E-state index contributed by atoms with van der Waals surface area (Å²) in [5.41, 5.74) is 13.3. The number of hydrogen-bond donors (Lipinski definition) is 0. The number of rotatable bonds is 5. The molecule has 0 amide bonds. The smallest absolute Gasteiger partial charge is 0.235 e. The Morgan fingerprint density at radius 1 is 0.404 bits per heavy atom. The van der Waals surface area contributed by atoms with Gasteiger partial charge in [-0.25, -0.2) is 9.97 Å². The molecule has 5 heteroatoms. The van der Waals surface area contributed by atoms with E-state index in [4.69, 9.17) is 9.97 Å². The molecule has 0 spiro atoms. The zero-order valence-electron chi connectivity index (χ0n) is 30.7. The SMILES string of the molecule is c1ccc(-c2csc3c(-c4ccccc4)nc(-n4c5ccccc5c5cc(-c6cccc7c6c6c8ccccc8ccc6n7-c6ccccc6)ccc54)nc23)cc1. The molecule has 0 bridgehead atoms. The van der Waals surface area contributed by atoms with Crippen LogP contribution >= 0.6 is 11.3 Å². The van der Waals surface area contributed by atoms with Gasteiger partial charge in [0.15, 0.2) is 0 Å². The maximum absolute atomic E-state index is 5.42. The average molecular weight is 745 g/mol. The number of nitrogens with zero attached hydrogens (tertiary/aromatic N) is 4. The number of hydrogen-bond acceptors (Lipinski definition) is 3. The zero-order chi connectivity index (χ0) is 37.5. The maximum atomic E-state index is 5.42. The molecule has 4 heterocycles. The number of aromatic nitrogens is 4. The van der Waals surface area contributed by atoms with Crippen LogP contribution in [-0.4, -0.2) is 19.1 Å². The molecule has 0 radical (unpaired) electrons. The van der Waals surface area contributed by atoms with Crippen LogP contribution in [-0.2, 0) is 0 Å². The summed E-state index contributed by atoms with van der Waals surface area (Å²) in [5.74, 6) is 0.662. The van der Waals surface area contributed by atoms with Gasteiger partial charge in [-0.05, 0) is 69.9 Å². The van der Waals surface area contributed by atoms with Crippen LogP contribution in [0.5, 0.6) is 0 Å². The largest absolute Gasteiger partial charge is 0.309 e. The predicted molar refractivity (Wildman–Crippen MR) is 240 cm³/mol. The minimum Gasteiger partial charge on any atom is -0.309 e. The molecule has 8 aromatic carbocycles. The van der Waals surface area contributed by atoms with Gasteiger partial charge in [-0.1, -0.05) is 146 Å². The van der Waals surface area contributed by atoms with Gasteiger partial charge in [0.25, 0.3) is 0 Å². The molecule has 0 aliphatic heterocycles. The molecule has 57 heavy (non-hydrogen) atoms. The Kier molecular flexibility index (Phi) is 7.06. The Morgan fingerprint density at radius 2 is 1.05 bits per heavy atom. The van der Waals surface area contributed by atoms with Crippen molar-refractivity contribution in [2.75, 3.05) is 0 Å². The molecule has 0 fully saturated rings. The van der Waals surface area contributed by atoms with E-state index in [0.29, 0.717) is 5.95 Å². The highest BCUT2D eigenvalue weighted by molar-refractivity contribution is 7.18. The molecule has 0 unspecified atom stereocenters. The highest BCUT2D eigenvalue weighted by Gasteiger charge is 2.22. The summed E-state index contributed by atoms with van der Waals surface area (Å²) in [6.45, 7) is 0. The van der Waals surface area contributed by atoms with Gasteiger partial charge in [-0.3, -0.25) is 4.57 Å². The normalized spacial score (nSPS) is 11.9. The average Bonchev–Trinajstić information content (AvgIpc) is 3.97. The Hall–Kier alpha value is -7.34. The van der Waals surface area contributed by atoms with Crippen molar-refractivity contribution in [2.24, 2.45) is 0 Å². The van der Waals surface area contributed by atoms with Gasteiger partial charge < -0.3 is 4.57 Å². The summed E-state index contributed by atoms with van der Waals surface area (Å²) in [5, 5.41) is 9.56. The van der Waals surface area contributed by atoms with E-state index in [1.165, 1.54) is 43.7 Å². The van der Waals surface area contributed by atoms with E-state index in [1.54, 1.807) is 11.3 Å². The van der Waals surface area contributed by atoms with Crippen LogP contribution in [0, 0.1) is 0 Å². The Bertz CT molecular complexity index is 3510. The van der Waals surface area contributed by atoms with Crippen molar-refractivity contribution in [1.29, 1.82) is 0 Å². The fourth-order valence-corrected chi connectivity index (χ4v) is 9.93. The monoisotopic (exact) mass is 744 g/mol. The Morgan fingerprint density at radius 3 is 1.88 bits per heavy atom. The standard InChI is InChI=1S/C52H32N4S/c1-4-15-33(16-5-1)42-32-57-51-49(35-18-6-2-7-19-35)53-52(54-50(42)51)56-43-25-13-12-23-40(43)41-31-36(28-29-44(41)56)39-24-14-26-45-48(39)47-38-22-11-10-17-34(38)27-30-46(47)55(45)37-20-8-3-9-21-37/h1-32H. The summed E-state index contributed by atoms with van der Waals surface area (Å²) in [4.78, 5) is 10.8. The van der Waals surface area contributed by atoms with Gasteiger partial charge in [0, 0.05) is 43.7 Å². The van der Waals surface area contributed by atoms with Crippen LogP contribution in [0.4, 0.5) is 0 Å². The molecular formula is C52H32N4S. The summed E-state index contributed by atoms with van der Waals surface area (Å²) >= 11 is 1.71. The molecule has 0 atom stereocenters. The van der Waals surface area contributed by atoms with E-state index in [1.807, 2.05) is 0 Å². The Labute approximate surface area is 332 Å². The van der Waals surface area contributed by atoms with Crippen LogP contribution in [0.1, 0.15) is 0 Å². The summed E-state index contributed by atoms with van der Waals surface area (Å²) in [6, 6.07) is 67.4. The van der Waals surface area contributed by atoms with Crippen LogP contribution in [0.2, 0.25) is 0 Å². The summed E-state index contributed by atoms with van der Waals surface area (Å²) in [6.07, 6.45) is 0. The van der Waals surface area contributed by atoms with Gasteiger partial charge in [0.05, 0.1) is 38.0 Å². The van der Waals surface area contributed by atoms with Gasteiger partial charge in [0.1, 0.15) is 0 Å². The highest BCUT2D eigenvalue weighted by Crippen LogP contribution is 2.44. The van der Waals surface area contributed by atoms with Crippen LogP contribution < -0.4 is 0 Å². The van der Waals surface area contributed by atoms with E-state index < -0.39 is 0 Å². The number of benzene rings is 8. The first-order chi connectivity index (χ1) is 28.3. The second kappa shape index (κ2) is 12.6. The van der Waals surface area contributed by atoms with Gasteiger partial charge in [0.2, 0.25) is 5.95 Å². The fourth-order valence-electron chi connectivity index (χ4n) is 8.90. The zero-order valence-corrected chi connectivity index (χ0v) is 31.5. The molecule has 266 valence electrons. The molecule has 0 aliphatic rings. The van der Waals surface area contributed by atoms with E-state index in [9.17, 15) is 0 Å². The fraction of sp³-hybridized carbons (Fsp3) is 0. The van der Waals surface area contributed by atoms with Gasteiger partial charge in [-0.2, -0.15) is 0 Å². The number of para-hydroxylation sites is 2. The molecule has 0 saturated carbocycles. The number of thiophene rings is 1. The molecule has 0 N–H and O–H groups in total. The van der Waals surface area contributed by atoms with Crippen molar-refractivity contribution < 1.29 is 0 Å². The molecule has 0 aliphatic carbocycles. The van der Waals surface area contributed by atoms with Crippen LogP contribution in [0.15, 0.2) is 193 Å². The van der Waals surface area contributed by atoms with E-state index in [0.717, 1.165) is 60.1 Å². The molecule has 0 saturated heterocycles. The lowest BCUT2D eigenvalue weighted by molar-refractivity contribution is 1.02. The third-order valence-corrected chi connectivity index (χ3v) is 12.4. The molecule has 12 rings (SSSR count). The second-order valence-electron chi connectivity index (χ2n) is 14.6. The van der Waals surface area contributed by atoms with Crippen LogP contribution in [0.25, 0.3) is 110 Å². The Balaban J connectivity index is 1.13. The lowest BCUT2D eigenvalue weighted by Crippen LogP contribution is -2.03. The quantitative estimate of drug-likeness (QED) is 0.176.